The molecule has 1 aliphatic heterocycles. The van der Waals surface area contributed by atoms with E-state index in [4.69, 9.17) is 0 Å². The molecule has 3 fully saturated rings. The van der Waals surface area contributed by atoms with Crippen LogP contribution in [0.15, 0.2) is 24.3 Å². The fourth-order valence-corrected chi connectivity index (χ4v) is 3.34. The zero-order valence-electron chi connectivity index (χ0n) is 12.1. The molecule has 0 spiro atoms. The Morgan fingerprint density at radius 1 is 1.14 bits per heavy atom. The zero-order chi connectivity index (χ0) is 14.4. The Hall–Kier alpha value is -1.84. The summed E-state index contributed by atoms with van der Waals surface area (Å²) in [5.74, 6) is 0.852. The third-order valence-electron chi connectivity index (χ3n) is 5.15. The predicted molar refractivity (Wildman–Crippen MR) is 80.0 cm³/mol. The van der Waals surface area contributed by atoms with Crippen molar-refractivity contribution in [2.45, 2.75) is 32.1 Å². The van der Waals surface area contributed by atoms with Crippen LogP contribution in [0.1, 0.15) is 42.5 Å². The van der Waals surface area contributed by atoms with E-state index in [2.05, 4.69) is 5.32 Å². The van der Waals surface area contributed by atoms with Crippen LogP contribution in [0.5, 0.6) is 0 Å². The molecule has 0 atom stereocenters. The molecule has 2 amide bonds. The molecule has 1 aromatic rings. The van der Waals surface area contributed by atoms with Crippen molar-refractivity contribution in [2.75, 3.05) is 18.4 Å². The highest BCUT2D eigenvalue weighted by molar-refractivity contribution is 6.02. The maximum absolute atomic E-state index is 12.5. The minimum atomic E-state index is -0.0348. The Bertz CT molecular complexity index is 599. The minimum Gasteiger partial charge on any atom is -0.339 e. The topological polar surface area (TPSA) is 49.4 Å². The van der Waals surface area contributed by atoms with E-state index < -0.39 is 0 Å². The molecule has 2 aliphatic carbocycles. The van der Waals surface area contributed by atoms with Crippen molar-refractivity contribution in [3.05, 3.63) is 29.8 Å². The zero-order valence-corrected chi connectivity index (χ0v) is 12.1. The predicted octanol–water partition coefficient (Wildman–Crippen LogP) is 2.66. The summed E-state index contributed by atoms with van der Waals surface area (Å²) in [5.41, 5.74) is 1.39. The molecule has 110 valence electrons. The highest BCUT2D eigenvalue weighted by atomic mass is 16.2. The van der Waals surface area contributed by atoms with Gasteiger partial charge in [0, 0.05) is 24.3 Å². The lowest BCUT2D eigenvalue weighted by atomic mass is 10.1. The number of nitrogens with one attached hydrogen (secondary N) is 1. The first-order valence-electron chi connectivity index (χ1n) is 7.90. The number of piperidine rings is 1. The molecule has 1 N–H and O–H groups in total. The van der Waals surface area contributed by atoms with Gasteiger partial charge in [0.25, 0.3) is 5.91 Å². The van der Waals surface area contributed by atoms with E-state index in [0.717, 1.165) is 44.5 Å². The Morgan fingerprint density at radius 2 is 1.86 bits per heavy atom. The summed E-state index contributed by atoms with van der Waals surface area (Å²) in [5, 5.41) is 2.97. The second-order valence-corrected chi connectivity index (χ2v) is 6.65. The highest BCUT2D eigenvalue weighted by Crippen LogP contribution is 2.75. The third-order valence-corrected chi connectivity index (χ3v) is 5.15. The van der Waals surface area contributed by atoms with Crippen molar-refractivity contribution < 1.29 is 9.59 Å². The van der Waals surface area contributed by atoms with Crippen LogP contribution < -0.4 is 5.32 Å². The first kappa shape index (κ1) is 12.9. The fraction of sp³-hybridized carbons (Fsp3) is 0.529. The van der Waals surface area contributed by atoms with Crippen LogP contribution >= 0.6 is 0 Å². The summed E-state index contributed by atoms with van der Waals surface area (Å²) in [6, 6.07) is 7.36. The second-order valence-electron chi connectivity index (χ2n) is 6.65. The number of hydrogen-bond acceptors (Lipinski definition) is 2. The van der Waals surface area contributed by atoms with E-state index >= 15 is 0 Å². The SMILES string of the molecule is O=C(c1cccc(NC(=O)C23CC2C3)c1)N1CCCCC1. The molecule has 0 radical (unpaired) electrons. The summed E-state index contributed by atoms with van der Waals surface area (Å²) in [6.07, 6.45) is 5.48. The van der Waals surface area contributed by atoms with Gasteiger partial charge in [-0.2, -0.15) is 0 Å². The number of benzene rings is 1. The van der Waals surface area contributed by atoms with E-state index in [-0.39, 0.29) is 17.2 Å². The van der Waals surface area contributed by atoms with E-state index in [1.807, 2.05) is 29.2 Å². The quantitative estimate of drug-likeness (QED) is 0.927. The Kier molecular flexibility index (Phi) is 2.81. The minimum absolute atomic E-state index is 0.0348. The van der Waals surface area contributed by atoms with Gasteiger partial charge in [0.15, 0.2) is 0 Å². The third kappa shape index (κ3) is 2.23. The van der Waals surface area contributed by atoms with Gasteiger partial charge >= 0.3 is 0 Å². The number of carbonyl (C=O) groups excluding carboxylic acids is 2. The number of amides is 2. The van der Waals surface area contributed by atoms with Crippen LogP contribution in [-0.2, 0) is 4.79 Å². The lowest BCUT2D eigenvalue weighted by Crippen LogP contribution is -2.35. The van der Waals surface area contributed by atoms with E-state index in [9.17, 15) is 9.59 Å². The molecule has 4 rings (SSSR count). The number of rotatable bonds is 3. The van der Waals surface area contributed by atoms with Gasteiger partial charge in [0.05, 0.1) is 5.41 Å². The van der Waals surface area contributed by atoms with E-state index in [1.54, 1.807) is 0 Å². The van der Waals surface area contributed by atoms with Crippen molar-refractivity contribution in [2.24, 2.45) is 11.3 Å². The van der Waals surface area contributed by atoms with Gasteiger partial charge in [-0.3, -0.25) is 9.59 Å². The molecule has 1 saturated heterocycles. The molecular weight excluding hydrogens is 264 g/mol. The molecule has 0 unspecified atom stereocenters. The van der Waals surface area contributed by atoms with Gasteiger partial charge < -0.3 is 10.2 Å². The molecule has 2 saturated carbocycles. The van der Waals surface area contributed by atoms with Crippen molar-refractivity contribution in [1.29, 1.82) is 0 Å². The second kappa shape index (κ2) is 4.58. The molecule has 1 heterocycles. The van der Waals surface area contributed by atoms with Crippen LogP contribution in [0.3, 0.4) is 0 Å². The van der Waals surface area contributed by atoms with E-state index in [0.29, 0.717) is 11.5 Å². The molecule has 1 aromatic carbocycles. The van der Waals surface area contributed by atoms with Gasteiger partial charge in [-0.15, -0.1) is 0 Å². The van der Waals surface area contributed by atoms with Crippen molar-refractivity contribution in [3.63, 3.8) is 0 Å². The monoisotopic (exact) mass is 284 g/mol. The first-order valence-corrected chi connectivity index (χ1v) is 7.90. The van der Waals surface area contributed by atoms with Crippen LogP contribution in [0.2, 0.25) is 0 Å². The highest BCUT2D eigenvalue weighted by Gasteiger charge is 2.74. The largest absolute Gasteiger partial charge is 0.339 e. The summed E-state index contributed by atoms with van der Waals surface area (Å²) in [7, 11) is 0. The normalized spacial score (nSPS) is 29.5. The van der Waals surface area contributed by atoms with Gasteiger partial charge in [-0.25, -0.2) is 0 Å². The number of anilines is 1. The van der Waals surface area contributed by atoms with Crippen molar-refractivity contribution >= 4 is 17.5 Å². The van der Waals surface area contributed by atoms with Gasteiger partial charge in [0.2, 0.25) is 5.91 Å². The fourth-order valence-electron chi connectivity index (χ4n) is 3.34. The molecule has 0 aromatic heterocycles. The molecular formula is C17H20N2O2. The van der Waals surface area contributed by atoms with Crippen LogP contribution in [-0.4, -0.2) is 29.8 Å². The molecule has 0 bridgehead atoms. The number of fused-ring (bicyclic) bond motifs is 1. The lowest BCUT2D eigenvalue weighted by molar-refractivity contribution is -0.119. The molecule has 21 heavy (non-hydrogen) atoms. The average Bonchev–Trinajstić information content (AvgIpc) is 3.37. The summed E-state index contributed by atoms with van der Waals surface area (Å²) in [6.45, 7) is 1.69. The van der Waals surface area contributed by atoms with E-state index in [1.165, 1.54) is 6.42 Å². The van der Waals surface area contributed by atoms with Gasteiger partial charge in [0.1, 0.15) is 0 Å². The number of nitrogens with zero attached hydrogens (tertiary/aromatic N) is 1. The number of likely N-dealkylation sites (tertiary alicyclic amines) is 1. The van der Waals surface area contributed by atoms with Crippen LogP contribution in [0, 0.1) is 11.3 Å². The summed E-state index contributed by atoms with van der Waals surface area (Å²) in [4.78, 5) is 26.5. The summed E-state index contributed by atoms with van der Waals surface area (Å²) >= 11 is 0. The maximum Gasteiger partial charge on any atom is 0.253 e. The Labute approximate surface area is 124 Å². The van der Waals surface area contributed by atoms with Crippen molar-refractivity contribution in [3.8, 4) is 0 Å². The Morgan fingerprint density at radius 3 is 2.52 bits per heavy atom. The Balaban J connectivity index is 1.46. The maximum atomic E-state index is 12.5. The van der Waals surface area contributed by atoms with Crippen molar-refractivity contribution in [1.82, 2.24) is 4.90 Å². The average molecular weight is 284 g/mol. The number of hydrogen-bond donors (Lipinski definition) is 1. The molecule has 4 nitrogen and oxygen atoms in total. The molecule has 3 aliphatic rings. The van der Waals surface area contributed by atoms with Gasteiger partial charge in [-0.05, 0) is 56.2 Å². The smallest absolute Gasteiger partial charge is 0.253 e. The number of carbonyl (C=O) groups is 2. The van der Waals surface area contributed by atoms with Gasteiger partial charge in [-0.1, -0.05) is 6.07 Å². The molecule has 4 heteroatoms. The summed E-state index contributed by atoms with van der Waals surface area (Å²) < 4.78 is 0. The lowest BCUT2D eigenvalue weighted by Gasteiger charge is -2.26. The van der Waals surface area contributed by atoms with Crippen LogP contribution in [0.25, 0.3) is 0 Å². The first-order chi connectivity index (χ1) is 10.2. The van der Waals surface area contributed by atoms with Crippen LogP contribution in [0.4, 0.5) is 5.69 Å². The standard InChI is InChI=1S/C17H20N2O2/c20-15(19-7-2-1-3-8-19)12-5-4-6-14(9-12)18-16(21)17-10-13(17)11-17/h4-6,9,13H,1-3,7-8,10-11H2,(H,18,21).